The molecule has 148 valence electrons. The van der Waals surface area contributed by atoms with Crippen LogP contribution in [-0.4, -0.2) is 65.0 Å². The van der Waals surface area contributed by atoms with Crippen LogP contribution in [0.5, 0.6) is 0 Å². The summed E-state index contributed by atoms with van der Waals surface area (Å²) >= 11 is 0. The summed E-state index contributed by atoms with van der Waals surface area (Å²) in [6, 6.07) is 6.16. The third kappa shape index (κ3) is 4.43. The number of hydrogen-bond donors (Lipinski definition) is 1. The smallest absolute Gasteiger partial charge is 0.253 e. The summed E-state index contributed by atoms with van der Waals surface area (Å²) in [6.07, 6.45) is 2.07. The molecule has 0 spiro atoms. The van der Waals surface area contributed by atoms with Crippen LogP contribution in [0.3, 0.4) is 0 Å². The number of carbonyl (C=O) groups excluding carboxylic acids is 1. The summed E-state index contributed by atoms with van der Waals surface area (Å²) in [4.78, 5) is 21.9. The van der Waals surface area contributed by atoms with Gasteiger partial charge < -0.3 is 19.7 Å². The quantitative estimate of drug-likeness (QED) is 0.897. The lowest BCUT2D eigenvalue weighted by Crippen LogP contribution is -2.44. The van der Waals surface area contributed by atoms with Gasteiger partial charge in [0.1, 0.15) is 0 Å². The summed E-state index contributed by atoms with van der Waals surface area (Å²) in [5.74, 6) is 0.925. The van der Waals surface area contributed by atoms with Crippen LogP contribution < -0.4 is 5.32 Å². The first-order valence-corrected chi connectivity index (χ1v) is 9.82. The highest BCUT2D eigenvalue weighted by Crippen LogP contribution is 2.23. The number of piperidine rings is 1. The Hall–Kier alpha value is -2.08. The van der Waals surface area contributed by atoms with Crippen molar-refractivity contribution in [1.29, 1.82) is 0 Å². The van der Waals surface area contributed by atoms with Crippen LogP contribution in [-0.2, 0) is 7.05 Å². The average Bonchev–Trinajstić information content (AvgIpc) is 2.94. The summed E-state index contributed by atoms with van der Waals surface area (Å²) in [5, 5.41) is 3.42. The number of aromatic nitrogens is 2. The molecule has 0 saturated carbocycles. The minimum absolute atomic E-state index is 0.0845. The second-order valence-corrected chi connectivity index (χ2v) is 9.06. The number of likely N-dealkylation sites (tertiary alicyclic amines) is 1. The van der Waals surface area contributed by atoms with Crippen molar-refractivity contribution in [2.45, 2.75) is 39.7 Å². The van der Waals surface area contributed by atoms with Gasteiger partial charge in [0.15, 0.2) is 0 Å². The number of fused-ring (bicyclic) bond motifs is 1. The Kier molecular flexibility index (Phi) is 5.47. The van der Waals surface area contributed by atoms with Crippen molar-refractivity contribution in [2.24, 2.45) is 12.5 Å². The summed E-state index contributed by atoms with van der Waals surface area (Å²) in [6.45, 7) is 9.51. The SMILES string of the molecule is CN1CCC(N(C)C(=O)c2ccc3c(c2)nc(NCC(C)(C)C)n3C)CC1. The zero-order chi connectivity index (χ0) is 19.8. The van der Waals surface area contributed by atoms with Gasteiger partial charge in [0.05, 0.1) is 11.0 Å². The van der Waals surface area contributed by atoms with E-state index in [4.69, 9.17) is 4.98 Å². The highest BCUT2D eigenvalue weighted by atomic mass is 16.2. The molecular formula is C21H33N5O. The van der Waals surface area contributed by atoms with Gasteiger partial charge in [-0.2, -0.15) is 0 Å². The average molecular weight is 372 g/mol. The number of rotatable bonds is 4. The molecule has 1 aromatic carbocycles. The van der Waals surface area contributed by atoms with Crippen LogP contribution in [0.15, 0.2) is 18.2 Å². The second kappa shape index (κ2) is 7.50. The number of hydrogen-bond acceptors (Lipinski definition) is 4. The van der Waals surface area contributed by atoms with Crippen LogP contribution in [0.1, 0.15) is 44.0 Å². The summed E-state index contributed by atoms with van der Waals surface area (Å²) < 4.78 is 2.05. The molecule has 1 N–H and O–H groups in total. The molecule has 3 rings (SSSR count). The van der Waals surface area contributed by atoms with E-state index in [2.05, 4.69) is 42.6 Å². The first kappa shape index (κ1) is 19.7. The predicted molar refractivity (Wildman–Crippen MR) is 111 cm³/mol. The van der Waals surface area contributed by atoms with Crippen molar-refractivity contribution in [3.05, 3.63) is 23.8 Å². The minimum Gasteiger partial charge on any atom is -0.355 e. The van der Waals surface area contributed by atoms with Gasteiger partial charge in [0.2, 0.25) is 5.95 Å². The molecule has 0 unspecified atom stereocenters. The molecule has 6 heteroatoms. The van der Waals surface area contributed by atoms with E-state index in [1.54, 1.807) is 0 Å². The van der Waals surface area contributed by atoms with Gasteiger partial charge in [-0.05, 0) is 56.6 Å². The number of imidazole rings is 1. The molecule has 0 radical (unpaired) electrons. The van der Waals surface area contributed by atoms with Crippen LogP contribution in [0.25, 0.3) is 11.0 Å². The normalized spacial score (nSPS) is 16.7. The molecule has 1 amide bonds. The van der Waals surface area contributed by atoms with Crippen molar-refractivity contribution in [2.75, 3.05) is 39.0 Å². The minimum atomic E-state index is 0.0845. The summed E-state index contributed by atoms with van der Waals surface area (Å²) in [7, 11) is 6.07. The lowest BCUT2D eigenvalue weighted by atomic mass is 9.97. The molecular weight excluding hydrogens is 338 g/mol. The topological polar surface area (TPSA) is 53.4 Å². The van der Waals surface area contributed by atoms with Gasteiger partial charge in [-0.25, -0.2) is 4.98 Å². The van der Waals surface area contributed by atoms with Gasteiger partial charge in [-0.1, -0.05) is 20.8 Å². The number of carbonyl (C=O) groups is 1. The Morgan fingerprint density at radius 3 is 2.56 bits per heavy atom. The monoisotopic (exact) mass is 371 g/mol. The Morgan fingerprint density at radius 1 is 1.26 bits per heavy atom. The van der Waals surface area contributed by atoms with Crippen LogP contribution in [0.2, 0.25) is 0 Å². The molecule has 2 aromatic rings. The molecule has 27 heavy (non-hydrogen) atoms. The lowest BCUT2D eigenvalue weighted by molar-refractivity contribution is 0.0659. The molecule has 6 nitrogen and oxygen atoms in total. The van der Waals surface area contributed by atoms with Crippen LogP contribution in [0.4, 0.5) is 5.95 Å². The predicted octanol–water partition coefficient (Wildman–Crippen LogP) is 3.20. The van der Waals surface area contributed by atoms with Crippen LogP contribution in [0, 0.1) is 5.41 Å². The molecule has 2 heterocycles. The fraction of sp³-hybridized carbons (Fsp3) is 0.619. The lowest BCUT2D eigenvalue weighted by Gasteiger charge is -2.35. The molecule has 0 bridgehead atoms. The Morgan fingerprint density at radius 2 is 1.93 bits per heavy atom. The molecule has 1 aliphatic rings. The Balaban J connectivity index is 1.78. The molecule has 0 aliphatic carbocycles. The number of nitrogens with zero attached hydrogens (tertiary/aromatic N) is 4. The van der Waals surface area contributed by atoms with E-state index in [0.29, 0.717) is 11.6 Å². The Bertz CT molecular complexity index is 812. The van der Waals surface area contributed by atoms with E-state index in [1.165, 1.54) is 0 Å². The van der Waals surface area contributed by atoms with E-state index in [0.717, 1.165) is 49.5 Å². The Labute approximate surface area is 162 Å². The summed E-state index contributed by atoms with van der Waals surface area (Å²) in [5.41, 5.74) is 2.78. The third-order valence-electron chi connectivity index (χ3n) is 5.46. The maximum atomic E-state index is 13.0. The van der Waals surface area contributed by atoms with E-state index < -0.39 is 0 Å². The van der Waals surface area contributed by atoms with Gasteiger partial charge in [-0.15, -0.1) is 0 Å². The molecule has 1 fully saturated rings. The van der Waals surface area contributed by atoms with Gasteiger partial charge in [-0.3, -0.25) is 4.79 Å². The fourth-order valence-electron chi connectivity index (χ4n) is 3.59. The highest BCUT2D eigenvalue weighted by Gasteiger charge is 2.25. The first-order valence-electron chi connectivity index (χ1n) is 9.82. The molecule has 0 atom stereocenters. The van der Waals surface area contributed by atoms with Crippen molar-refractivity contribution >= 4 is 22.9 Å². The number of aryl methyl sites for hydroxylation is 1. The highest BCUT2D eigenvalue weighted by molar-refractivity contribution is 5.97. The zero-order valence-electron chi connectivity index (χ0n) is 17.5. The second-order valence-electron chi connectivity index (χ2n) is 9.06. The number of nitrogens with one attached hydrogen (secondary N) is 1. The maximum Gasteiger partial charge on any atom is 0.253 e. The van der Waals surface area contributed by atoms with E-state index in [9.17, 15) is 4.79 Å². The van der Waals surface area contributed by atoms with Crippen LogP contribution >= 0.6 is 0 Å². The standard InChI is InChI=1S/C21H33N5O/c1-21(2,3)14-22-20-23-17-13-15(7-8-18(17)26(20)6)19(27)25(5)16-9-11-24(4)12-10-16/h7-8,13,16H,9-12,14H2,1-6H3,(H,22,23). The van der Waals surface area contributed by atoms with E-state index >= 15 is 0 Å². The molecule has 1 saturated heterocycles. The third-order valence-corrected chi connectivity index (χ3v) is 5.46. The van der Waals surface area contributed by atoms with Gasteiger partial charge >= 0.3 is 0 Å². The zero-order valence-corrected chi connectivity index (χ0v) is 17.5. The van der Waals surface area contributed by atoms with E-state index in [1.807, 2.05) is 37.2 Å². The van der Waals surface area contributed by atoms with Crippen molar-refractivity contribution in [3.63, 3.8) is 0 Å². The van der Waals surface area contributed by atoms with Crippen molar-refractivity contribution < 1.29 is 4.79 Å². The van der Waals surface area contributed by atoms with Gasteiger partial charge in [0.25, 0.3) is 5.91 Å². The van der Waals surface area contributed by atoms with Gasteiger partial charge in [0, 0.05) is 32.2 Å². The molecule has 1 aliphatic heterocycles. The number of amides is 1. The largest absolute Gasteiger partial charge is 0.355 e. The van der Waals surface area contributed by atoms with Crippen molar-refractivity contribution in [1.82, 2.24) is 19.4 Å². The van der Waals surface area contributed by atoms with E-state index in [-0.39, 0.29) is 11.3 Å². The fourth-order valence-corrected chi connectivity index (χ4v) is 3.59. The molecule has 1 aromatic heterocycles. The number of anilines is 1. The first-order chi connectivity index (χ1) is 12.7. The maximum absolute atomic E-state index is 13.0. The number of benzene rings is 1. The van der Waals surface area contributed by atoms with Crippen molar-refractivity contribution in [3.8, 4) is 0 Å².